The summed E-state index contributed by atoms with van der Waals surface area (Å²) in [5.41, 5.74) is 2.05. The van der Waals surface area contributed by atoms with E-state index in [0.29, 0.717) is 32.5 Å². The summed E-state index contributed by atoms with van der Waals surface area (Å²) < 4.78 is 25.4. The predicted molar refractivity (Wildman–Crippen MR) is 119 cm³/mol. The largest absolute Gasteiger partial charge is 0.482 e. The van der Waals surface area contributed by atoms with Gasteiger partial charge in [0.05, 0.1) is 17.1 Å². The third-order valence-electron chi connectivity index (χ3n) is 5.09. The minimum Gasteiger partial charge on any atom is -0.482 e. The number of halogens is 1. The summed E-state index contributed by atoms with van der Waals surface area (Å²) in [4.78, 5) is 37.6. The highest BCUT2D eigenvalue weighted by molar-refractivity contribution is 7.20. The van der Waals surface area contributed by atoms with Crippen molar-refractivity contribution in [3.63, 3.8) is 0 Å². The van der Waals surface area contributed by atoms with Crippen LogP contribution in [0.2, 0.25) is 0 Å². The number of nitrogens with zero attached hydrogens (tertiary/aromatic N) is 2. The fraction of sp³-hybridized carbons (Fsp3) is 0.130. The smallest absolute Gasteiger partial charge is 0.348 e. The predicted octanol–water partition coefficient (Wildman–Crippen LogP) is 3.91. The number of esters is 1. The molecule has 0 radical (unpaired) electrons. The molecule has 8 nitrogen and oxygen atoms in total. The number of aromatic nitrogens is 2. The fourth-order valence-electron chi connectivity index (χ4n) is 3.45. The lowest BCUT2D eigenvalue weighted by Crippen LogP contribution is -2.25. The van der Waals surface area contributed by atoms with Gasteiger partial charge in [-0.15, -0.1) is 11.3 Å². The molecule has 1 amide bonds. The lowest BCUT2D eigenvalue weighted by Gasteiger charge is -2.18. The molecule has 166 valence electrons. The van der Waals surface area contributed by atoms with Gasteiger partial charge >= 0.3 is 5.97 Å². The molecule has 0 saturated heterocycles. The van der Waals surface area contributed by atoms with E-state index in [4.69, 9.17) is 9.47 Å². The Labute approximate surface area is 190 Å². The van der Waals surface area contributed by atoms with Crippen LogP contribution in [-0.4, -0.2) is 40.7 Å². The second kappa shape index (κ2) is 8.14. The quantitative estimate of drug-likeness (QED) is 0.355. The number of thiophene rings is 1. The molecule has 2 aromatic carbocycles. The Morgan fingerprint density at radius 2 is 2.00 bits per heavy atom. The first-order valence-electron chi connectivity index (χ1n) is 9.91. The van der Waals surface area contributed by atoms with E-state index in [-0.39, 0.29) is 23.9 Å². The van der Waals surface area contributed by atoms with Gasteiger partial charge in [0.15, 0.2) is 19.0 Å². The van der Waals surface area contributed by atoms with Crippen LogP contribution in [0.1, 0.15) is 25.7 Å². The average molecular weight is 465 g/mol. The van der Waals surface area contributed by atoms with Crippen LogP contribution in [-0.2, 0) is 9.53 Å². The number of carbonyl (C=O) groups is 3. The van der Waals surface area contributed by atoms with Gasteiger partial charge in [-0.05, 0) is 55.5 Å². The van der Waals surface area contributed by atoms with Crippen molar-refractivity contribution >= 4 is 44.9 Å². The first-order chi connectivity index (χ1) is 15.9. The third kappa shape index (κ3) is 3.96. The molecule has 1 aliphatic rings. The number of aryl methyl sites for hydroxylation is 1. The molecular weight excluding hydrogens is 449 g/mol. The normalized spacial score (nSPS) is 12.7. The van der Waals surface area contributed by atoms with E-state index in [9.17, 15) is 18.8 Å². The first kappa shape index (κ1) is 20.8. The molecule has 1 N–H and O–H groups in total. The van der Waals surface area contributed by atoms with Crippen molar-refractivity contribution in [2.75, 3.05) is 18.5 Å². The number of anilines is 1. The monoisotopic (exact) mass is 465 g/mol. The molecular formula is C23H16FN3O5S. The van der Waals surface area contributed by atoms with Crippen molar-refractivity contribution in [1.29, 1.82) is 0 Å². The minimum atomic E-state index is -0.635. The maximum Gasteiger partial charge on any atom is 0.348 e. The molecule has 5 rings (SSSR count). The molecule has 0 spiro atoms. The zero-order valence-electron chi connectivity index (χ0n) is 17.3. The van der Waals surface area contributed by atoms with Crippen LogP contribution in [0.5, 0.6) is 5.75 Å². The van der Waals surface area contributed by atoms with Crippen LogP contribution >= 0.6 is 11.3 Å². The number of Topliss-reactive ketones (excluding diaryl/α,β-unsaturated/α-hetero) is 1. The zero-order chi connectivity index (χ0) is 23.1. The van der Waals surface area contributed by atoms with E-state index in [1.54, 1.807) is 35.0 Å². The van der Waals surface area contributed by atoms with Gasteiger partial charge in [-0.1, -0.05) is 0 Å². The number of rotatable bonds is 5. The van der Waals surface area contributed by atoms with Crippen LogP contribution in [0, 0.1) is 12.7 Å². The van der Waals surface area contributed by atoms with Gasteiger partial charge in [-0.25, -0.2) is 13.9 Å². The van der Waals surface area contributed by atoms with E-state index in [1.165, 1.54) is 29.5 Å². The number of fused-ring (bicyclic) bond motifs is 2. The van der Waals surface area contributed by atoms with Crippen molar-refractivity contribution in [1.82, 2.24) is 9.78 Å². The van der Waals surface area contributed by atoms with Gasteiger partial charge in [0, 0.05) is 10.9 Å². The van der Waals surface area contributed by atoms with E-state index >= 15 is 0 Å². The third-order valence-corrected chi connectivity index (χ3v) is 6.18. The number of ketones is 1. The van der Waals surface area contributed by atoms with Crippen LogP contribution in [0.3, 0.4) is 0 Å². The minimum absolute atomic E-state index is 0.0779. The molecule has 0 atom stereocenters. The standard InChI is InChI=1S/C23H16FN3O5S/c1-12-16-9-20(33-22(16)27(26-12)15-5-3-14(24)4-6-15)23(30)32-10-18(28)13-2-7-19-17(8-13)25-21(29)11-31-19/h2-9H,10-11H2,1H3,(H,25,29). The van der Waals surface area contributed by atoms with Gasteiger partial charge in [-0.3, -0.25) is 9.59 Å². The Hall–Kier alpha value is -4.05. The van der Waals surface area contributed by atoms with Crippen LogP contribution in [0.15, 0.2) is 48.5 Å². The molecule has 4 aromatic rings. The summed E-state index contributed by atoms with van der Waals surface area (Å²) >= 11 is 1.18. The van der Waals surface area contributed by atoms with E-state index in [1.807, 2.05) is 6.92 Å². The molecule has 10 heteroatoms. The summed E-state index contributed by atoms with van der Waals surface area (Å²) in [7, 11) is 0. The van der Waals surface area contributed by atoms with Crippen molar-refractivity contribution < 1.29 is 28.2 Å². The fourth-order valence-corrected chi connectivity index (χ4v) is 4.52. The maximum atomic E-state index is 13.3. The molecule has 0 unspecified atom stereocenters. The topological polar surface area (TPSA) is 99.5 Å². The van der Waals surface area contributed by atoms with Crippen LogP contribution in [0.4, 0.5) is 10.1 Å². The van der Waals surface area contributed by atoms with Crippen molar-refractivity contribution in [3.8, 4) is 11.4 Å². The van der Waals surface area contributed by atoms with E-state index in [0.717, 1.165) is 5.39 Å². The van der Waals surface area contributed by atoms with Gasteiger partial charge in [0.2, 0.25) is 0 Å². The number of benzene rings is 2. The Morgan fingerprint density at radius 1 is 1.21 bits per heavy atom. The van der Waals surface area contributed by atoms with Crippen LogP contribution in [0.25, 0.3) is 15.9 Å². The van der Waals surface area contributed by atoms with E-state index < -0.39 is 18.4 Å². The zero-order valence-corrected chi connectivity index (χ0v) is 18.1. The molecule has 0 saturated carbocycles. The second-order valence-corrected chi connectivity index (χ2v) is 8.38. The Balaban J connectivity index is 1.32. The summed E-state index contributed by atoms with van der Waals surface area (Å²) in [6.45, 7) is 1.28. The summed E-state index contributed by atoms with van der Waals surface area (Å²) in [5.74, 6) is -1.24. The second-order valence-electron chi connectivity index (χ2n) is 7.35. The van der Waals surface area contributed by atoms with Crippen molar-refractivity contribution in [2.45, 2.75) is 6.92 Å². The SMILES string of the molecule is Cc1nn(-c2ccc(F)cc2)c2sc(C(=O)OCC(=O)c3ccc4c(c3)NC(=O)CO4)cc12. The van der Waals surface area contributed by atoms with Gasteiger partial charge in [0.25, 0.3) is 5.91 Å². The number of carbonyl (C=O) groups excluding carboxylic acids is 3. The molecule has 33 heavy (non-hydrogen) atoms. The lowest BCUT2D eigenvalue weighted by molar-refractivity contribution is -0.118. The Kier molecular flexibility index (Phi) is 5.14. The Bertz CT molecular complexity index is 1420. The van der Waals surface area contributed by atoms with Gasteiger partial charge in [0.1, 0.15) is 21.3 Å². The van der Waals surface area contributed by atoms with Crippen LogP contribution < -0.4 is 10.1 Å². The van der Waals surface area contributed by atoms with Gasteiger partial charge in [-0.2, -0.15) is 5.10 Å². The number of nitrogens with one attached hydrogen (secondary N) is 1. The number of amides is 1. The molecule has 2 aromatic heterocycles. The maximum absolute atomic E-state index is 13.3. The molecule has 0 aliphatic carbocycles. The number of hydrogen-bond acceptors (Lipinski definition) is 7. The average Bonchev–Trinajstić information content (AvgIpc) is 3.38. The summed E-state index contributed by atoms with van der Waals surface area (Å²) in [5, 5.41) is 7.87. The summed E-state index contributed by atoms with van der Waals surface area (Å²) in [6, 6.07) is 12.2. The lowest BCUT2D eigenvalue weighted by atomic mass is 10.1. The first-order valence-corrected chi connectivity index (χ1v) is 10.7. The summed E-state index contributed by atoms with van der Waals surface area (Å²) in [6.07, 6.45) is 0. The molecule has 0 fully saturated rings. The Morgan fingerprint density at radius 3 is 2.79 bits per heavy atom. The highest BCUT2D eigenvalue weighted by atomic mass is 32.1. The number of ether oxygens (including phenoxy) is 2. The highest BCUT2D eigenvalue weighted by Crippen LogP contribution is 2.31. The molecule has 3 heterocycles. The van der Waals surface area contributed by atoms with Crippen molar-refractivity contribution in [2.24, 2.45) is 0 Å². The highest BCUT2D eigenvalue weighted by Gasteiger charge is 2.21. The number of hydrogen-bond donors (Lipinski definition) is 1. The van der Waals surface area contributed by atoms with E-state index in [2.05, 4.69) is 10.4 Å². The van der Waals surface area contributed by atoms with Gasteiger partial charge < -0.3 is 14.8 Å². The molecule has 0 bridgehead atoms. The van der Waals surface area contributed by atoms with Crippen molar-refractivity contribution in [3.05, 3.63) is 70.5 Å². The molecule has 1 aliphatic heterocycles.